The zero-order chi connectivity index (χ0) is 20.9. The third-order valence-corrected chi connectivity index (χ3v) is 4.60. The van der Waals surface area contributed by atoms with Crippen LogP contribution in [0.5, 0.6) is 5.75 Å². The molecular weight excluding hydrogens is 407 g/mol. The Hall–Kier alpha value is -3.64. The highest BCUT2D eigenvalue weighted by Crippen LogP contribution is 2.26. The molecular formula is C23H16ClFN2O3. The smallest absolute Gasteiger partial charge is 0.185 e. The van der Waals surface area contributed by atoms with Crippen molar-refractivity contribution in [3.63, 3.8) is 0 Å². The predicted molar refractivity (Wildman–Crippen MR) is 111 cm³/mol. The van der Waals surface area contributed by atoms with Crippen molar-refractivity contribution < 1.29 is 18.3 Å². The zero-order valence-electron chi connectivity index (χ0n) is 15.7. The number of rotatable bonds is 7. The lowest BCUT2D eigenvalue weighted by molar-refractivity contribution is 0.104. The molecule has 0 amide bonds. The second-order valence-electron chi connectivity index (χ2n) is 6.38. The maximum absolute atomic E-state index is 13.1. The molecule has 0 fully saturated rings. The summed E-state index contributed by atoms with van der Waals surface area (Å²) in [5.74, 6) is 0.855. The first-order valence-electron chi connectivity index (χ1n) is 9.06. The topological polar surface area (TPSA) is 57.3 Å². The van der Waals surface area contributed by atoms with Crippen LogP contribution in [0.2, 0.25) is 5.02 Å². The molecule has 4 rings (SSSR count). The summed E-state index contributed by atoms with van der Waals surface area (Å²) in [4.78, 5) is 16.4. The molecule has 4 aromatic rings. The fraction of sp³-hybridized carbons (Fsp3) is 0.0435. The Labute approximate surface area is 177 Å². The van der Waals surface area contributed by atoms with Crippen molar-refractivity contribution in [1.29, 1.82) is 0 Å². The van der Waals surface area contributed by atoms with E-state index in [0.717, 1.165) is 5.69 Å². The molecule has 0 aliphatic heterocycles. The molecule has 0 aliphatic rings. The summed E-state index contributed by atoms with van der Waals surface area (Å²) in [6, 6.07) is 14.6. The molecule has 0 aliphatic carbocycles. The Morgan fingerprint density at radius 3 is 2.73 bits per heavy atom. The fourth-order valence-corrected chi connectivity index (χ4v) is 2.99. The maximum atomic E-state index is 13.1. The van der Waals surface area contributed by atoms with Crippen molar-refractivity contribution in [3.05, 3.63) is 107 Å². The fourth-order valence-electron chi connectivity index (χ4n) is 2.77. The van der Waals surface area contributed by atoms with Gasteiger partial charge in [-0.2, -0.15) is 0 Å². The minimum Gasteiger partial charge on any atom is -0.484 e. The number of allylic oxidation sites excluding steroid dienone is 1. The van der Waals surface area contributed by atoms with Crippen molar-refractivity contribution >= 4 is 23.5 Å². The van der Waals surface area contributed by atoms with Gasteiger partial charge in [-0.1, -0.05) is 11.6 Å². The van der Waals surface area contributed by atoms with E-state index in [4.69, 9.17) is 20.8 Å². The van der Waals surface area contributed by atoms with Gasteiger partial charge in [0.25, 0.3) is 0 Å². The summed E-state index contributed by atoms with van der Waals surface area (Å²) < 4.78 is 26.1. The molecule has 7 heteroatoms. The van der Waals surface area contributed by atoms with Gasteiger partial charge >= 0.3 is 0 Å². The summed E-state index contributed by atoms with van der Waals surface area (Å²) in [5, 5.41) is 0.186. The summed E-state index contributed by atoms with van der Waals surface area (Å²) >= 11 is 5.93. The number of hydrogen-bond acceptors (Lipinski definition) is 4. The van der Waals surface area contributed by atoms with Gasteiger partial charge < -0.3 is 13.7 Å². The maximum Gasteiger partial charge on any atom is 0.185 e. The van der Waals surface area contributed by atoms with Crippen molar-refractivity contribution in [2.75, 3.05) is 0 Å². The van der Waals surface area contributed by atoms with E-state index >= 15 is 0 Å². The Morgan fingerprint density at radius 1 is 1.17 bits per heavy atom. The second kappa shape index (κ2) is 8.80. The molecule has 0 unspecified atom stereocenters. The lowest BCUT2D eigenvalue weighted by atomic mass is 10.1. The number of halogens is 2. The van der Waals surface area contributed by atoms with E-state index in [1.807, 2.05) is 22.9 Å². The molecule has 0 N–H and O–H groups in total. The highest BCUT2D eigenvalue weighted by Gasteiger charge is 2.07. The quantitative estimate of drug-likeness (QED) is 0.282. The summed E-state index contributed by atoms with van der Waals surface area (Å²) in [5.41, 5.74) is 1.49. The van der Waals surface area contributed by atoms with Crippen molar-refractivity contribution in [2.45, 2.75) is 6.61 Å². The van der Waals surface area contributed by atoms with Crippen molar-refractivity contribution in [1.82, 2.24) is 9.55 Å². The van der Waals surface area contributed by atoms with E-state index in [1.54, 1.807) is 42.9 Å². The standard InChI is InChI=1S/C23H16ClFN2O3/c24-21-13-17(25)3-10-23(21)29-14-20-7-6-19(30-20)8-9-22(28)16-1-4-18(5-2-16)27-12-11-26-15-27/h1-13,15H,14H2/b9-8+. The number of imidazole rings is 1. The van der Waals surface area contributed by atoms with Gasteiger partial charge in [-0.05, 0) is 66.7 Å². The van der Waals surface area contributed by atoms with Gasteiger partial charge in [0.05, 0.1) is 11.3 Å². The molecule has 0 atom stereocenters. The van der Waals surface area contributed by atoms with E-state index in [9.17, 15) is 9.18 Å². The van der Waals surface area contributed by atoms with Crippen molar-refractivity contribution in [3.8, 4) is 11.4 Å². The highest BCUT2D eigenvalue weighted by molar-refractivity contribution is 6.32. The van der Waals surface area contributed by atoms with Gasteiger partial charge in [-0.3, -0.25) is 4.79 Å². The van der Waals surface area contributed by atoms with Crippen LogP contribution < -0.4 is 4.74 Å². The van der Waals surface area contributed by atoms with Gasteiger partial charge in [0.15, 0.2) is 5.78 Å². The predicted octanol–water partition coefficient (Wildman–Crippen LogP) is 5.73. The molecule has 2 heterocycles. The zero-order valence-corrected chi connectivity index (χ0v) is 16.4. The minimum absolute atomic E-state index is 0.128. The molecule has 2 aromatic heterocycles. The Morgan fingerprint density at radius 2 is 2.00 bits per heavy atom. The lowest BCUT2D eigenvalue weighted by Gasteiger charge is -2.06. The van der Waals surface area contributed by atoms with Crippen LogP contribution in [0.25, 0.3) is 11.8 Å². The summed E-state index contributed by atoms with van der Waals surface area (Å²) in [6.07, 6.45) is 8.27. The largest absolute Gasteiger partial charge is 0.484 e. The van der Waals surface area contributed by atoms with E-state index < -0.39 is 5.82 Å². The van der Waals surface area contributed by atoms with E-state index in [1.165, 1.54) is 24.3 Å². The third-order valence-electron chi connectivity index (χ3n) is 4.30. The number of furan rings is 1. The van der Waals surface area contributed by atoms with E-state index in [0.29, 0.717) is 22.8 Å². The van der Waals surface area contributed by atoms with Crippen LogP contribution in [0.1, 0.15) is 21.9 Å². The molecule has 2 aromatic carbocycles. The Kier molecular flexibility index (Phi) is 5.77. The number of ketones is 1. The van der Waals surface area contributed by atoms with E-state index in [2.05, 4.69) is 4.98 Å². The number of ether oxygens (including phenoxy) is 1. The number of carbonyl (C=O) groups is 1. The van der Waals surface area contributed by atoms with Crippen LogP contribution in [-0.4, -0.2) is 15.3 Å². The number of nitrogens with zero attached hydrogens (tertiary/aromatic N) is 2. The van der Waals surface area contributed by atoms with Crippen LogP contribution in [-0.2, 0) is 6.61 Å². The molecule has 5 nitrogen and oxygen atoms in total. The number of carbonyl (C=O) groups excluding carboxylic acids is 1. The minimum atomic E-state index is -0.432. The molecule has 150 valence electrons. The third kappa shape index (κ3) is 4.67. The first kappa shape index (κ1) is 19.7. The Balaban J connectivity index is 1.36. The molecule has 0 saturated heterocycles. The van der Waals surface area contributed by atoms with Crippen molar-refractivity contribution in [2.24, 2.45) is 0 Å². The van der Waals surface area contributed by atoms with Gasteiger partial charge in [0, 0.05) is 23.6 Å². The Bertz CT molecular complexity index is 1180. The SMILES string of the molecule is O=C(/C=C/c1ccc(COc2ccc(F)cc2Cl)o1)c1ccc(-n2ccnc2)cc1. The van der Waals surface area contributed by atoms with E-state index in [-0.39, 0.29) is 17.4 Å². The van der Waals surface area contributed by atoms with Crippen LogP contribution in [0.3, 0.4) is 0 Å². The molecule has 0 radical (unpaired) electrons. The second-order valence-corrected chi connectivity index (χ2v) is 6.79. The normalized spacial score (nSPS) is 11.1. The van der Waals surface area contributed by atoms with Gasteiger partial charge in [-0.25, -0.2) is 9.37 Å². The van der Waals surface area contributed by atoms with Gasteiger partial charge in [0.2, 0.25) is 0 Å². The average Bonchev–Trinajstić information content (AvgIpc) is 3.44. The molecule has 0 saturated carbocycles. The summed E-state index contributed by atoms with van der Waals surface area (Å²) in [7, 11) is 0. The lowest BCUT2D eigenvalue weighted by Crippen LogP contribution is -1.96. The monoisotopic (exact) mass is 422 g/mol. The van der Waals surface area contributed by atoms with Gasteiger partial charge in [0.1, 0.15) is 29.7 Å². The molecule has 30 heavy (non-hydrogen) atoms. The average molecular weight is 423 g/mol. The van der Waals surface area contributed by atoms with Crippen LogP contribution >= 0.6 is 11.6 Å². The molecule has 0 bridgehead atoms. The van der Waals surface area contributed by atoms with Gasteiger partial charge in [-0.15, -0.1) is 0 Å². The van der Waals surface area contributed by atoms with Crippen LogP contribution in [0.15, 0.2) is 83.8 Å². The number of aromatic nitrogens is 2. The summed E-state index contributed by atoms with van der Waals surface area (Å²) in [6.45, 7) is 0.128. The first-order valence-corrected chi connectivity index (χ1v) is 9.44. The van der Waals surface area contributed by atoms with Crippen LogP contribution in [0, 0.1) is 5.82 Å². The number of hydrogen-bond donors (Lipinski definition) is 0. The number of benzene rings is 2. The first-order chi connectivity index (χ1) is 14.6. The molecule has 0 spiro atoms. The van der Waals surface area contributed by atoms with Crippen LogP contribution in [0.4, 0.5) is 4.39 Å². The highest BCUT2D eigenvalue weighted by atomic mass is 35.5.